The molecule has 37 heavy (non-hydrogen) atoms. The van der Waals surface area contributed by atoms with E-state index in [9.17, 15) is 14.7 Å². The summed E-state index contributed by atoms with van der Waals surface area (Å²) in [6.45, 7) is 6.38. The summed E-state index contributed by atoms with van der Waals surface area (Å²) in [5.74, 6) is -0.496. The third-order valence-corrected chi connectivity index (χ3v) is 11.2. The minimum absolute atomic E-state index is 0.0608. The smallest absolute Gasteiger partial charge is 0.264 e. The van der Waals surface area contributed by atoms with Crippen molar-refractivity contribution >= 4 is 42.5 Å². The number of anilines is 1. The molecule has 8 nitrogen and oxygen atoms in total. The fourth-order valence-electron chi connectivity index (χ4n) is 6.32. The molecule has 2 N–H and O–H groups in total. The summed E-state index contributed by atoms with van der Waals surface area (Å²) >= 11 is 2.27. The highest BCUT2D eigenvalue weighted by atomic mass is 127. The Kier molecular flexibility index (Phi) is 7.07. The van der Waals surface area contributed by atoms with E-state index in [2.05, 4.69) is 39.8 Å². The van der Waals surface area contributed by atoms with Gasteiger partial charge in [-0.3, -0.25) is 9.48 Å². The molecule has 0 aliphatic carbocycles. The molecule has 2 aliphatic heterocycles. The van der Waals surface area contributed by atoms with Crippen LogP contribution in [0.1, 0.15) is 36.1 Å². The highest BCUT2D eigenvalue weighted by molar-refractivity contribution is 14.1. The third-order valence-electron chi connectivity index (χ3n) is 8.02. The van der Waals surface area contributed by atoms with Gasteiger partial charge >= 0.3 is 0 Å². The van der Waals surface area contributed by atoms with Crippen LogP contribution in [0.2, 0.25) is 18.6 Å². The largest absolute Gasteiger partial charge is 0.432 e. The van der Waals surface area contributed by atoms with Gasteiger partial charge in [-0.2, -0.15) is 0 Å². The van der Waals surface area contributed by atoms with Crippen LogP contribution in [-0.4, -0.2) is 58.9 Å². The number of rotatable bonds is 7. The second kappa shape index (κ2) is 9.88. The van der Waals surface area contributed by atoms with E-state index in [0.29, 0.717) is 18.7 Å². The predicted octanol–water partition coefficient (Wildman–Crippen LogP) is 3.87. The minimum Gasteiger partial charge on any atom is -0.432 e. The average Bonchev–Trinajstić information content (AvgIpc) is 3.50. The molecule has 3 heterocycles. The van der Waals surface area contributed by atoms with Gasteiger partial charge in [-0.05, 0) is 65.9 Å². The maximum Gasteiger partial charge on any atom is 0.264 e. The minimum atomic E-state index is -2.71. The molecule has 2 aliphatic rings. The summed E-state index contributed by atoms with van der Waals surface area (Å²) in [6.07, 6.45) is 2.14. The number of aliphatic hydroxyl groups excluding tert-OH is 1. The number of hydrogen-bond acceptors (Lipinski definition) is 6. The Morgan fingerprint density at radius 2 is 1.95 bits per heavy atom. The summed E-state index contributed by atoms with van der Waals surface area (Å²) < 4.78 is 9.58. The number of likely N-dealkylation sites (N-methyl/N-ethyl adjacent to an activating group) is 1. The average molecular weight is 633 g/mol. The van der Waals surface area contributed by atoms with Crippen LogP contribution in [0.3, 0.4) is 0 Å². The first-order chi connectivity index (χ1) is 17.6. The van der Waals surface area contributed by atoms with Gasteiger partial charge in [-0.15, -0.1) is 5.10 Å². The Balaban J connectivity index is 1.42. The number of hydrogen-bond donors (Lipinski definition) is 2. The lowest BCUT2D eigenvalue weighted by molar-refractivity contribution is -0.145. The molecule has 1 unspecified atom stereocenters. The van der Waals surface area contributed by atoms with Crippen LogP contribution in [0.4, 0.5) is 5.69 Å². The molecule has 1 spiro atoms. The van der Waals surface area contributed by atoms with Crippen LogP contribution in [0, 0.1) is 9.49 Å². The van der Waals surface area contributed by atoms with Crippen molar-refractivity contribution in [1.82, 2.24) is 15.0 Å². The van der Waals surface area contributed by atoms with E-state index in [1.165, 1.54) is 0 Å². The van der Waals surface area contributed by atoms with E-state index in [1.54, 1.807) is 16.6 Å². The molecule has 10 heteroatoms. The predicted molar refractivity (Wildman–Crippen MR) is 152 cm³/mol. The number of aliphatic hydroxyl groups is 1. The van der Waals surface area contributed by atoms with E-state index < -0.39 is 13.9 Å². The molecule has 1 aromatic heterocycles. The lowest BCUT2D eigenvalue weighted by atomic mass is 9.82. The van der Waals surface area contributed by atoms with Crippen molar-refractivity contribution in [2.24, 2.45) is 5.92 Å². The Hall–Kier alpha value is -2.12. The number of aryl methyl sites for hydroxylation is 1. The van der Waals surface area contributed by atoms with Crippen molar-refractivity contribution < 1.29 is 19.4 Å². The zero-order valence-corrected chi connectivity index (χ0v) is 24.7. The molecule has 0 bridgehead atoms. The Labute approximate surface area is 231 Å². The van der Waals surface area contributed by atoms with Crippen LogP contribution in [0.5, 0.6) is 0 Å². The number of ether oxygens (including phenoxy) is 1. The Morgan fingerprint density at radius 1 is 1.22 bits per heavy atom. The van der Waals surface area contributed by atoms with Gasteiger partial charge in [0.15, 0.2) is 13.9 Å². The van der Waals surface area contributed by atoms with Crippen LogP contribution in [0.15, 0.2) is 54.7 Å². The molecule has 5 rings (SSSR count). The number of amides is 1. The number of benzene rings is 2. The van der Waals surface area contributed by atoms with Gasteiger partial charge < -0.3 is 19.5 Å². The molecule has 3 aromatic rings. The monoisotopic (exact) mass is 632 g/mol. The maximum absolute atomic E-state index is 13.7. The van der Waals surface area contributed by atoms with Crippen LogP contribution in [-0.2, 0) is 21.7 Å². The second-order valence-electron chi connectivity index (χ2n) is 10.7. The molecule has 196 valence electrons. The highest BCUT2D eigenvalue weighted by Gasteiger charge is 2.65. The SMILES string of the molecule is C[C@@H]1[C@@H]([Si](C)(C)O)[C@H](CCn2cc(C(CO)c3ccccc3)nn2)O[C@@]12C(=O)N(C)c1ccc(I)cc12. The number of aromatic nitrogens is 3. The summed E-state index contributed by atoms with van der Waals surface area (Å²) in [7, 11) is -0.911. The lowest BCUT2D eigenvalue weighted by Crippen LogP contribution is -2.45. The quantitative estimate of drug-likeness (QED) is 0.303. The molecule has 0 radical (unpaired) electrons. The normalized spacial score (nSPS) is 26.2. The topological polar surface area (TPSA) is 101 Å². The summed E-state index contributed by atoms with van der Waals surface area (Å²) in [5.41, 5.74) is 2.21. The molecule has 0 saturated carbocycles. The van der Waals surface area contributed by atoms with Crippen molar-refractivity contribution in [2.75, 3.05) is 18.6 Å². The fraction of sp³-hybridized carbons (Fsp3) is 0.444. The van der Waals surface area contributed by atoms with Gasteiger partial charge in [0.1, 0.15) is 0 Å². The van der Waals surface area contributed by atoms with E-state index in [1.807, 2.05) is 67.8 Å². The van der Waals surface area contributed by atoms with Crippen molar-refractivity contribution in [3.8, 4) is 0 Å². The standard InChI is InChI=1S/C27H33IN4O4Si/c1-17-25(37(3,4)35)24(36-27(17)21-14-19(28)10-11-23(21)31(2)26(27)34)12-13-32-15-22(29-30-32)20(16-33)18-8-6-5-7-9-18/h5-11,14-15,17,20,24-25,33,35H,12-13,16H2,1-4H3/t17-,20?,24+,25-,27+/m1/s1. The number of carbonyl (C=O) groups is 1. The number of fused-ring (bicyclic) bond motifs is 2. The first kappa shape index (κ1) is 26.5. The number of halogens is 1. The van der Waals surface area contributed by atoms with Crippen LogP contribution in [0.25, 0.3) is 0 Å². The summed E-state index contributed by atoms with van der Waals surface area (Å²) in [5, 5.41) is 18.7. The Bertz CT molecular complexity index is 1300. The van der Waals surface area contributed by atoms with Gasteiger partial charge in [-0.1, -0.05) is 42.5 Å². The van der Waals surface area contributed by atoms with Gasteiger partial charge in [0, 0.05) is 40.4 Å². The number of nitrogens with zero attached hydrogens (tertiary/aromatic N) is 4. The summed E-state index contributed by atoms with van der Waals surface area (Å²) in [4.78, 5) is 26.8. The maximum atomic E-state index is 13.7. The van der Waals surface area contributed by atoms with Crippen LogP contribution < -0.4 is 4.90 Å². The van der Waals surface area contributed by atoms with Crippen molar-refractivity contribution in [2.45, 2.75) is 56.1 Å². The molecule has 1 amide bonds. The van der Waals surface area contributed by atoms with E-state index >= 15 is 0 Å². The van der Waals surface area contributed by atoms with E-state index in [0.717, 1.165) is 20.4 Å². The zero-order chi connectivity index (χ0) is 26.5. The first-order valence-electron chi connectivity index (χ1n) is 12.6. The summed E-state index contributed by atoms with van der Waals surface area (Å²) in [6, 6.07) is 15.8. The molecule has 2 aromatic carbocycles. The lowest BCUT2D eigenvalue weighted by Gasteiger charge is -2.32. The third kappa shape index (κ3) is 4.46. The van der Waals surface area contributed by atoms with Crippen molar-refractivity contribution in [3.63, 3.8) is 0 Å². The molecule has 5 atom stereocenters. The fourth-order valence-corrected chi connectivity index (χ4v) is 9.42. The first-order valence-corrected chi connectivity index (χ1v) is 16.7. The van der Waals surface area contributed by atoms with E-state index in [4.69, 9.17) is 4.74 Å². The van der Waals surface area contributed by atoms with Gasteiger partial charge in [0.05, 0.1) is 30.0 Å². The van der Waals surface area contributed by atoms with Crippen molar-refractivity contribution in [1.29, 1.82) is 0 Å². The van der Waals surface area contributed by atoms with Crippen molar-refractivity contribution in [3.05, 3.63) is 75.1 Å². The van der Waals surface area contributed by atoms with Gasteiger partial charge in [0.2, 0.25) is 0 Å². The molecular formula is C27H33IN4O4Si. The van der Waals surface area contributed by atoms with Crippen LogP contribution >= 0.6 is 22.6 Å². The molecule has 1 saturated heterocycles. The van der Waals surface area contributed by atoms with Gasteiger partial charge in [-0.25, -0.2) is 0 Å². The second-order valence-corrected chi connectivity index (χ2v) is 15.9. The molecular weight excluding hydrogens is 599 g/mol. The van der Waals surface area contributed by atoms with Gasteiger partial charge in [0.25, 0.3) is 5.91 Å². The Morgan fingerprint density at radius 3 is 2.62 bits per heavy atom. The highest BCUT2D eigenvalue weighted by Crippen LogP contribution is 2.59. The molecule has 1 fully saturated rings. The zero-order valence-electron chi connectivity index (χ0n) is 21.5. The van der Waals surface area contributed by atoms with E-state index in [-0.39, 0.29) is 36.0 Å². The number of carbonyl (C=O) groups excluding carboxylic acids is 1.